The van der Waals surface area contributed by atoms with Gasteiger partial charge in [0.25, 0.3) is 0 Å². The number of imidazole rings is 1. The minimum Gasteiger partial charge on any atom is -0.475 e. The summed E-state index contributed by atoms with van der Waals surface area (Å²) in [6, 6.07) is 10.5. The minimum absolute atomic E-state index is 0.196. The van der Waals surface area contributed by atoms with Crippen LogP contribution in [-0.2, 0) is 42.4 Å². The molecule has 7 nitrogen and oxygen atoms in total. The van der Waals surface area contributed by atoms with Gasteiger partial charge in [0.05, 0.1) is 30.6 Å². The number of nitrogens with zero attached hydrogens (tertiary/aromatic N) is 3. The van der Waals surface area contributed by atoms with E-state index in [0.29, 0.717) is 13.2 Å². The minimum atomic E-state index is -5.08. The van der Waals surface area contributed by atoms with Gasteiger partial charge in [-0.2, -0.15) is 13.2 Å². The van der Waals surface area contributed by atoms with Crippen LogP contribution in [0.2, 0.25) is 0 Å². The van der Waals surface area contributed by atoms with Crippen molar-refractivity contribution in [1.29, 1.82) is 0 Å². The fourth-order valence-corrected chi connectivity index (χ4v) is 3.33. The molecule has 0 atom stereocenters. The van der Waals surface area contributed by atoms with Crippen molar-refractivity contribution in [2.24, 2.45) is 0 Å². The van der Waals surface area contributed by atoms with Crippen LogP contribution in [0.5, 0.6) is 0 Å². The van der Waals surface area contributed by atoms with Gasteiger partial charge in [0, 0.05) is 26.2 Å². The summed E-state index contributed by atoms with van der Waals surface area (Å²) in [5.41, 5.74) is 3.29. The number of carbonyl (C=O) groups is 1. The Hall–Kier alpha value is -3.18. The summed E-state index contributed by atoms with van der Waals surface area (Å²) in [7, 11) is 0. The normalized spacial score (nSPS) is 14.2. The van der Waals surface area contributed by atoms with E-state index in [4.69, 9.17) is 19.1 Å². The van der Waals surface area contributed by atoms with Crippen LogP contribution in [0.25, 0.3) is 0 Å². The number of furan rings is 1. The van der Waals surface area contributed by atoms with E-state index < -0.39 is 12.1 Å². The van der Waals surface area contributed by atoms with Gasteiger partial charge in [-0.3, -0.25) is 4.90 Å². The first-order valence-corrected chi connectivity index (χ1v) is 10.1. The Morgan fingerprint density at radius 1 is 1.15 bits per heavy atom. The van der Waals surface area contributed by atoms with E-state index in [2.05, 4.69) is 14.5 Å². The van der Waals surface area contributed by atoms with Gasteiger partial charge < -0.3 is 18.8 Å². The first-order chi connectivity index (χ1) is 15.7. The molecule has 3 heterocycles. The van der Waals surface area contributed by atoms with Crippen molar-refractivity contribution in [2.45, 2.75) is 45.4 Å². The molecular formula is C22H23F4N3O4. The number of carboxylic acid groups (broad SMARTS) is 1. The lowest BCUT2D eigenvalue weighted by atomic mass is 10.2. The standard InChI is InChI=1S/C20H22FN3O2.C2HF3O2/c21-17-6-4-16(5-7-17)11-23-8-2-9-24-15-22-19(20(24)12-23)14-25-13-18-3-1-10-26-18;3-2(4,5)1(6)7/h1,3-7,10,15H,2,8-9,11-14H2;(H,6,7). The smallest absolute Gasteiger partial charge is 0.475 e. The van der Waals surface area contributed by atoms with Gasteiger partial charge in [-0.05, 0) is 36.2 Å². The van der Waals surface area contributed by atoms with E-state index >= 15 is 0 Å². The summed E-state index contributed by atoms with van der Waals surface area (Å²) in [5.74, 6) is -2.14. The van der Waals surface area contributed by atoms with E-state index in [9.17, 15) is 17.6 Å². The number of ether oxygens (including phenoxy) is 1. The van der Waals surface area contributed by atoms with E-state index in [1.54, 1.807) is 6.26 Å². The number of alkyl halides is 3. The fourth-order valence-electron chi connectivity index (χ4n) is 3.33. The summed E-state index contributed by atoms with van der Waals surface area (Å²) >= 11 is 0. The highest BCUT2D eigenvalue weighted by molar-refractivity contribution is 5.73. The number of aromatic nitrogens is 2. The zero-order chi connectivity index (χ0) is 23.8. The molecule has 0 saturated heterocycles. The number of carboxylic acids is 1. The average Bonchev–Trinajstić information content (AvgIpc) is 3.36. The first-order valence-electron chi connectivity index (χ1n) is 10.1. The van der Waals surface area contributed by atoms with Crippen LogP contribution >= 0.6 is 0 Å². The molecule has 0 amide bonds. The van der Waals surface area contributed by atoms with E-state index in [0.717, 1.165) is 49.6 Å². The number of aliphatic carboxylic acids is 1. The van der Waals surface area contributed by atoms with Crippen molar-refractivity contribution < 1.29 is 36.6 Å². The molecule has 1 N–H and O–H groups in total. The number of halogens is 4. The molecule has 0 aliphatic carbocycles. The number of benzene rings is 1. The van der Waals surface area contributed by atoms with Crippen molar-refractivity contribution in [2.75, 3.05) is 6.54 Å². The monoisotopic (exact) mass is 469 g/mol. The molecule has 0 spiro atoms. The maximum atomic E-state index is 13.1. The quantitative estimate of drug-likeness (QED) is 0.540. The number of aryl methyl sites for hydroxylation is 1. The maximum absolute atomic E-state index is 13.1. The van der Waals surface area contributed by atoms with Gasteiger partial charge in [0.1, 0.15) is 18.2 Å². The molecule has 1 aliphatic rings. The topological polar surface area (TPSA) is 80.7 Å². The Balaban J connectivity index is 0.000000383. The SMILES string of the molecule is Fc1ccc(CN2CCCn3cnc(COCc4ccco4)c3C2)cc1.O=C(O)C(F)(F)F. The second kappa shape index (κ2) is 11.1. The molecule has 33 heavy (non-hydrogen) atoms. The third-order valence-electron chi connectivity index (χ3n) is 4.90. The van der Waals surface area contributed by atoms with Gasteiger partial charge in [0.15, 0.2) is 0 Å². The van der Waals surface area contributed by atoms with Crippen LogP contribution in [0.1, 0.15) is 29.1 Å². The molecule has 0 saturated carbocycles. The predicted octanol–water partition coefficient (Wildman–Crippen LogP) is 4.37. The summed E-state index contributed by atoms with van der Waals surface area (Å²) in [6.45, 7) is 4.49. The first kappa shape index (κ1) is 24.5. The molecule has 2 aromatic heterocycles. The zero-order valence-corrected chi connectivity index (χ0v) is 17.6. The lowest BCUT2D eigenvalue weighted by Crippen LogP contribution is -2.23. The molecule has 3 aromatic rings. The molecule has 4 rings (SSSR count). The van der Waals surface area contributed by atoms with Crippen LogP contribution in [0.3, 0.4) is 0 Å². The second-order valence-corrected chi connectivity index (χ2v) is 7.40. The highest BCUT2D eigenvalue weighted by Gasteiger charge is 2.38. The van der Waals surface area contributed by atoms with Crippen molar-refractivity contribution >= 4 is 5.97 Å². The highest BCUT2D eigenvalue weighted by atomic mass is 19.4. The Bertz CT molecular complexity index is 1020. The van der Waals surface area contributed by atoms with E-state index in [-0.39, 0.29) is 5.82 Å². The van der Waals surface area contributed by atoms with Crippen molar-refractivity contribution in [3.8, 4) is 0 Å². The lowest BCUT2D eigenvalue weighted by molar-refractivity contribution is -0.192. The number of fused-ring (bicyclic) bond motifs is 1. The molecule has 11 heteroatoms. The van der Waals surface area contributed by atoms with Crippen LogP contribution in [0.15, 0.2) is 53.4 Å². The summed E-state index contributed by atoms with van der Waals surface area (Å²) < 4.78 is 58.1. The predicted molar refractivity (Wildman–Crippen MR) is 108 cm³/mol. The van der Waals surface area contributed by atoms with Gasteiger partial charge >= 0.3 is 12.1 Å². The van der Waals surface area contributed by atoms with Crippen LogP contribution in [-0.4, -0.2) is 38.2 Å². The average molecular weight is 469 g/mol. The molecule has 1 aliphatic heterocycles. The zero-order valence-electron chi connectivity index (χ0n) is 17.6. The van der Waals surface area contributed by atoms with E-state index in [1.165, 1.54) is 17.8 Å². The summed E-state index contributed by atoms with van der Waals surface area (Å²) in [4.78, 5) is 15.8. The Morgan fingerprint density at radius 2 is 1.88 bits per heavy atom. The molecule has 1 aromatic carbocycles. The number of hydrogen-bond donors (Lipinski definition) is 1. The van der Waals surface area contributed by atoms with Crippen molar-refractivity contribution in [1.82, 2.24) is 14.5 Å². The third kappa shape index (κ3) is 7.43. The summed E-state index contributed by atoms with van der Waals surface area (Å²) in [6.07, 6.45) is -0.464. The van der Waals surface area contributed by atoms with Gasteiger partial charge in [-0.15, -0.1) is 0 Å². The Labute approximate surface area is 187 Å². The second-order valence-electron chi connectivity index (χ2n) is 7.40. The summed E-state index contributed by atoms with van der Waals surface area (Å²) in [5, 5.41) is 7.12. The lowest BCUT2D eigenvalue weighted by Gasteiger charge is -2.20. The van der Waals surface area contributed by atoms with Crippen LogP contribution < -0.4 is 0 Å². The van der Waals surface area contributed by atoms with Gasteiger partial charge in [-0.1, -0.05) is 12.1 Å². The largest absolute Gasteiger partial charge is 0.490 e. The molecule has 0 bridgehead atoms. The van der Waals surface area contributed by atoms with Crippen molar-refractivity contribution in [3.63, 3.8) is 0 Å². The highest BCUT2D eigenvalue weighted by Crippen LogP contribution is 2.19. The third-order valence-corrected chi connectivity index (χ3v) is 4.90. The molecule has 0 unspecified atom stereocenters. The van der Waals surface area contributed by atoms with Crippen LogP contribution in [0.4, 0.5) is 17.6 Å². The van der Waals surface area contributed by atoms with Crippen LogP contribution in [0, 0.1) is 5.82 Å². The van der Waals surface area contributed by atoms with Gasteiger partial charge in [-0.25, -0.2) is 14.2 Å². The molecule has 178 valence electrons. The fraction of sp³-hybridized carbons (Fsp3) is 0.364. The molecular weight excluding hydrogens is 446 g/mol. The molecule has 0 radical (unpaired) electrons. The Morgan fingerprint density at radius 3 is 2.52 bits per heavy atom. The van der Waals surface area contributed by atoms with Crippen molar-refractivity contribution in [3.05, 3.63) is 77.5 Å². The Kier molecular flexibility index (Phi) is 8.23. The number of hydrogen-bond acceptors (Lipinski definition) is 5. The maximum Gasteiger partial charge on any atom is 0.490 e. The van der Waals surface area contributed by atoms with Gasteiger partial charge in [0.2, 0.25) is 0 Å². The van der Waals surface area contributed by atoms with E-state index in [1.807, 2.05) is 30.6 Å². The number of rotatable bonds is 6. The molecule has 0 fully saturated rings.